The Morgan fingerprint density at radius 2 is 2.05 bits per heavy atom. The fourth-order valence-electron chi connectivity index (χ4n) is 1.99. The van der Waals surface area contributed by atoms with Gasteiger partial charge in [0.05, 0.1) is 12.1 Å². The minimum Gasteiger partial charge on any atom is -0.399 e. The third-order valence-corrected chi connectivity index (χ3v) is 3.96. The van der Waals surface area contributed by atoms with Crippen molar-refractivity contribution in [3.63, 3.8) is 0 Å². The lowest BCUT2D eigenvalue weighted by Crippen LogP contribution is -2.36. The molecule has 4 nitrogen and oxygen atoms in total. The first-order chi connectivity index (χ1) is 9.49. The molecule has 0 spiro atoms. The quantitative estimate of drug-likeness (QED) is 0.850. The lowest BCUT2D eigenvalue weighted by Gasteiger charge is -2.27. The average molecular weight is 289 g/mol. The van der Waals surface area contributed by atoms with Gasteiger partial charge in [0.15, 0.2) is 0 Å². The number of nitrogens with zero attached hydrogens (tertiary/aromatic N) is 1. The molecular weight excluding hydrogens is 270 g/mol. The van der Waals surface area contributed by atoms with Crippen LogP contribution in [0.2, 0.25) is 0 Å². The molecule has 0 saturated carbocycles. The minimum atomic E-state index is -0.0640. The summed E-state index contributed by atoms with van der Waals surface area (Å²) < 4.78 is 0. The number of benzene rings is 1. The van der Waals surface area contributed by atoms with Crippen molar-refractivity contribution in [2.75, 3.05) is 11.5 Å². The Morgan fingerprint density at radius 1 is 1.30 bits per heavy atom. The van der Waals surface area contributed by atoms with Gasteiger partial charge in [-0.2, -0.15) is 0 Å². The molecule has 2 aromatic rings. The zero-order valence-corrected chi connectivity index (χ0v) is 12.5. The Balaban J connectivity index is 2.27. The Morgan fingerprint density at radius 3 is 2.60 bits per heavy atom. The molecule has 1 heterocycles. The van der Waals surface area contributed by atoms with E-state index in [1.807, 2.05) is 36.3 Å². The van der Waals surface area contributed by atoms with Crippen molar-refractivity contribution in [2.24, 2.45) is 0 Å². The molecule has 20 heavy (non-hydrogen) atoms. The van der Waals surface area contributed by atoms with E-state index in [0.29, 0.717) is 23.5 Å². The van der Waals surface area contributed by atoms with Crippen LogP contribution in [0.25, 0.3) is 0 Å². The van der Waals surface area contributed by atoms with Crippen LogP contribution < -0.4 is 11.5 Å². The molecule has 0 atom stereocenters. The topological polar surface area (TPSA) is 72.3 Å². The maximum absolute atomic E-state index is 12.7. The molecule has 1 aromatic heterocycles. The normalized spacial score (nSPS) is 10.8. The molecule has 2 rings (SSSR count). The number of amides is 1. The molecule has 0 bridgehead atoms. The molecule has 0 radical (unpaired) electrons. The number of carbonyl (C=O) groups excluding carboxylic acids is 1. The molecule has 0 aliphatic carbocycles. The Kier molecular flexibility index (Phi) is 4.29. The lowest BCUT2D eigenvalue weighted by molar-refractivity contribution is 0.0693. The highest BCUT2D eigenvalue weighted by molar-refractivity contribution is 7.09. The van der Waals surface area contributed by atoms with Gasteiger partial charge < -0.3 is 16.4 Å². The summed E-state index contributed by atoms with van der Waals surface area (Å²) in [6.45, 7) is 4.59. The van der Waals surface area contributed by atoms with Crippen LogP contribution in [0.4, 0.5) is 11.4 Å². The highest BCUT2D eigenvalue weighted by Crippen LogP contribution is 2.21. The van der Waals surface area contributed by atoms with E-state index in [4.69, 9.17) is 11.5 Å². The van der Waals surface area contributed by atoms with Crippen molar-refractivity contribution in [1.29, 1.82) is 0 Å². The molecule has 1 aromatic carbocycles. The van der Waals surface area contributed by atoms with Gasteiger partial charge in [0.25, 0.3) is 5.91 Å². The van der Waals surface area contributed by atoms with Gasteiger partial charge in [0, 0.05) is 22.3 Å². The summed E-state index contributed by atoms with van der Waals surface area (Å²) >= 11 is 1.64. The van der Waals surface area contributed by atoms with Gasteiger partial charge >= 0.3 is 0 Å². The standard InChI is InChI=1S/C15H19N3OS/c1-10(2)18(9-12-4-3-7-20-12)15(19)13-6-5-11(16)8-14(13)17/h3-8,10H,9,16-17H2,1-2H3. The van der Waals surface area contributed by atoms with Crippen LogP contribution in [0.15, 0.2) is 35.7 Å². The molecule has 106 valence electrons. The maximum atomic E-state index is 12.7. The summed E-state index contributed by atoms with van der Waals surface area (Å²) in [4.78, 5) is 15.6. The van der Waals surface area contributed by atoms with Crippen LogP contribution in [0, 0.1) is 0 Å². The SMILES string of the molecule is CC(C)N(Cc1cccs1)C(=O)c1ccc(N)cc1N. The van der Waals surface area contributed by atoms with Gasteiger partial charge in [-0.05, 0) is 43.5 Å². The van der Waals surface area contributed by atoms with E-state index in [1.165, 1.54) is 0 Å². The number of hydrogen-bond donors (Lipinski definition) is 2. The van der Waals surface area contributed by atoms with E-state index in [-0.39, 0.29) is 11.9 Å². The number of rotatable bonds is 4. The van der Waals surface area contributed by atoms with Crippen molar-refractivity contribution >= 4 is 28.6 Å². The fourth-order valence-corrected chi connectivity index (χ4v) is 2.69. The van der Waals surface area contributed by atoms with Crippen LogP contribution in [-0.2, 0) is 6.54 Å². The number of anilines is 2. The largest absolute Gasteiger partial charge is 0.399 e. The highest BCUT2D eigenvalue weighted by Gasteiger charge is 2.21. The number of nitrogens with two attached hydrogens (primary N) is 2. The third kappa shape index (κ3) is 3.11. The number of thiophene rings is 1. The van der Waals surface area contributed by atoms with Gasteiger partial charge in [0.1, 0.15) is 0 Å². The summed E-state index contributed by atoms with van der Waals surface area (Å²) in [6, 6.07) is 9.13. The summed E-state index contributed by atoms with van der Waals surface area (Å²) in [7, 11) is 0. The predicted octanol–water partition coefficient (Wildman–Crippen LogP) is 2.96. The van der Waals surface area contributed by atoms with Crippen LogP contribution >= 0.6 is 11.3 Å². The van der Waals surface area contributed by atoms with Crippen molar-refractivity contribution in [3.05, 3.63) is 46.2 Å². The summed E-state index contributed by atoms with van der Waals surface area (Å²) in [6.07, 6.45) is 0. The van der Waals surface area contributed by atoms with Gasteiger partial charge in [0.2, 0.25) is 0 Å². The molecule has 0 aliphatic heterocycles. The van der Waals surface area contributed by atoms with Crippen LogP contribution in [0.5, 0.6) is 0 Å². The van der Waals surface area contributed by atoms with E-state index in [9.17, 15) is 4.79 Å². The Bertz CT molecular complexity index is 593. The Labute approximate surface area is 123 Å². The first-order valence-electron chi connectivity index (χ1n) is 6.47. The third-order valence-electron chi connectivity index (χ3n) is 3.10. The molecule has 0 fully saturated rings. The van der Waals surface area contributed by atoms with E-state index < -0.39 is 0 Å². The zero-order valence-electron chi connectivity index (χ0n) is 11.7. The molecule has 0 unspecified atom stereocenters. The molecule has 0 aliphatic rings. The van der Waals surface area contributed by atoms with Crippen LogP contribution in [0.1, 0.15) is 29.1 Å². The van der Waals surface area contributed by atoms with Gasteiger partial charge in [-0.3, -0.25) is 4.79 Å². The molecule has 4 N–H and O–H groups in total. The second-order valence-corrected chi connectivity index (χ2v) is 5.99. The van der Waals surface area contributed by atoms with Crippen molar-refractivity contribution < 1.29 is 4.79 Å². The predicted molar refractivity (Wildman–Crippen MR) is 84.6 cm³/mol. The van der Waals surface area contributed by atoms with Crippen LogP contribution in [0.3, 0.4) is 0 Å². The first kappa shape index (κ1) is 14.4. The average Bonchev–Trinajstić information content (AvgIpc) is 2.87. The van der Waals surface area contributed by atoms with E-state index in [2.05, 4.69) is 0 Å². The first-order valence-corrected chi connectivity index (χ1v) is 7.35. The monoisotopic (exact) mass is 289 g/mol. The van der Waals surface area contributed by atoms with Crippen molar-refractivity contribution in [2.45, 2.75) is 26.4 Å². The zero-order chi connectivity index (χ0) is 14.7. The van der Waals surface area contributed by atoms with E-state index in [1.54, 1.807) is 29.5 Å². The molecule has 1 amide bonds. The van der Waals surface area contributed by atoms with Crippen molar-refractivity contribution in [1.82, 2.24) is 4.90 Å². The van der Waals surface area contributed by atoms with Gasteiger partial charge in [-0.1, -0.05) is 6.07 Å². The van der Waals surface area contributed by atoms with E-state index >= 15 is 0 Å². The lowest BCUT2D eigenvalue weighted by atomic mass is 10.1. The Hall–Kier alpha value is -2.01. The summed E-state index contributed by atoms with van der Waals surface area (Å²) in [5.74, 6) is -0.0640. The van der Waals surface area contributed by atoms with Gasteiger partial charge in [-0.25, -0.2) is 0 Å². The highest BCUT2D eigenvalue weighted by atomic mass is 32.1. The second kappa shape index (κ2) is 5.96. The van der Waals surface area contributed by atoms with Crippen LogP contribution in [-0.4, -0.2) is 16.8 Å². The fraction of sp³-hybridized carbons (Fsp3) is 0.267. The minimum absolute atomic E-state index is 0.0640. The number of hydrogen-bond acceptors (Lipinski definition) is 4. The smallest absolute Gasteiger partial charge is 0.256 e. The molecule has 5 heteroatoms. The molecular formula is C15H19N3OS. The number of nitrogen functional groups attached to an aromatic ring is 2. The maximum Gasteiger partial charge on any atom is 0.256 e. The summed E-state index contributed by atoms with van der Waals surface area (Å²) in [5, 5.41) is 2.01. The molecule has 0 saturated heterocycles. The van der Waals surface area contributed by atoms with E-state index in [0.717, 1.165) is 4.88 Å². The second-order valence-electron chi connectivity index (χ2n) is 4.95. The van der Waals surface area contributed by atoms with Gasteiger partial charge in [-0.15, -0.1) is 11.3 Å². The summed E-state index contributed by atoms with van der Waals surface area (Å²) in [5.41, 5.74) is 13.1. The number of carbonyl (C=O) groups is 1. The van der Waals surface area contributed by atoms with Crippen molar-refractivity contribution in [3.8, 4) is 0 Å².